The maximum Gasteiger partial charge on any atom is 0.404 e. The van der Waals surface area contributed by atoms with Gasteiger partial charge < -0.3 is 20.9 Å². The summed E-state index contributed by atoms with van der Waals surface area (Å²) in [7, 11) is 1.50. The van der Waals surface area contributed by atoms with Crippen molar-refractivity contribution in [2.24, 2.45) is 11.5 Å². The molecule has 15 heavy (non-hydrogen) atoms. The van der Waals surface area contributed by atoms with Gasteiger partial charge in [-0.1, -0.05) is 6.58 Å². The smallest absolute Gasteiger partial charge is 0.404 e. The van der Waals surface area contributed by atoms with Crippen LogP contribution in [0.3, 0.4) is 0 Å². The van der Waals surface area contributed by atoms with E-state index in [-0.39, 0.29) is 12.2 Å². The molecule has 0 saturated carbocycles. The second-order valence-electron chi connectivity index (χ2n) is 2.84. The second kappa shape index (κ2) is 15.3. The lowest BCUT2D eigenvalue weighted by Crippen LogP contribution is -2.17. The lowest BCUT2D eigenvalue weighted by Gasteiger charge is -2.01. The van der Waals surface area contributed by atoms with Crippen molar-refractivity contribution in [2.75, 3.05) is 7.05 Å². The molecule has 0 aliphatic heterocycles. The Hall–Kier alpha value is -1.23. The van der Waals surface area contributed by atoms with Gasteiger partial charge in [-0.3, -0.25) is 0 Å². The normalized spacial score (nSPS) is 8.00. The van der Waals surface area contributed by atoms with Gasteiger partial charge >= 0.3 is 6.09 Å². The van der Waals surface area contributed by atoms with E-state index in [1.54, 1.807) is 13.8 Å². The molecular formula is C10H24N2O3. The Morgan fingerprint density at radius 2 is 1.60 bits per heavy atom. The van der Waals surface area contributed by atoms with E-state index in [0.717, 1.165) is 0 Å². The number of carbonyl (C=O) groups is 1. The molecule has 5 heteroatoms. The molecule has 0 aromatic rings. The molecule has 0 spiro atoms. The van der Waals surface area contributed by atoms with Crippen molar-refractivity contribution in [1.29, 1.82) is 0 Å². The Morgan fingerprint density at radius 1 is 1.20 bits per heavy atom. The minimum absolute atomic E-state index is 0.0995. The van der Waals surface area contributed by atoms with Gasteiger partial charge in [0.2, 0.25) is 0 Å². The van der Waals surface area contributed by atoms with Gasteiger partial charge in [-0.25, -0.2) is 4.79 Å². The Kier molecular flexibility index (Phi) is 19.7. The van der Waals surface area contributed by atoms with Crippen LogP contribution in [0.5, 0.6) is 0 Å². The van der Waals surface area contributed by atoms with Crippen LogP contribution in [0.25, 0.3) is 0 Å². The zero-order valence-electron chi connectivity index (χ0n) is 10.3. The maximum absolute atomic E-state index is 9.81. The minimum atomic E-state index is -0.713. The van der Waals surface area contributed by atoms with Crippen molar-refractivity contribution in [2.45, 2.75) is 39.9 Å². The lowest BCUT2D eigenvalue weighted by molar-refractivity contribution is 0.125. The highest BCUT2D eigenvalue weighted by molar-refractivity contribution is 5.64. The van der Waals surface area contributed by atoms with Crippen LogP contribution < -0.4 is 11.5 Å². The number of nitrogens with two attached hydrogens (primary N) is 2. The molecule has 0 atom stereocenters. The predicted molar refractivity (Wildman–Crippen MR) is 62.3 cm³/mol. The first-order valence-corrected chi connectivity index (χ1v) is 4.70. The minimum Gasteiger partial charge on any atom is -0.499 e. The molecule has 0 radical (unpaired) electrons. The number of amides is 1. The van der Waals surface area contributed by atoms with Gasteiger partial charge in [-0.2, -0.15) is 0 Å². The highest BCUT2D eigenvalue weighted by Gasteiger charge is 1.94. The molecule has 0 aliphatic carbocycles. The molecule has 0 fully saturated rings. The van der Waals surface area contributed by atoms with Crippen molar-refractivity contribution in [1.82, 2.24) is 0 Å². The zero-order chi connectivity index (χ0) is 12.9. The number of hydrogen-bond donors (Lipinski definition) is 2. The Balaban J connectivity index is -0.000000166. The highest BCUT2D eigenvalue weighted by Crippen LogP contribution is 1.84. The fourth-order valence-corrected chi connectivity index (χ4v) is 0.425. The first-order chi connectivity index (χ1) is 6.90. The number of hydrogen-bond acceptors (Lipinski definition) is 4. The molecule has 0 aromatic heterocycles. The molecule has 0 aromatic carbocycles. The monoisotopic (exact) mass is 220 g/mol. The maximum atomic E-state index is 9.81. The van der Waals surface area contributed by atoms with Crippen LogP contribution in [0.4, 0.5) is 4.79 Å². The topological polar surface area (TPSA) is 87.6 Å². The van der Waals surface area contributed by atoms with Crippen LogP contribution in [0.1, 0.15) is 27.7 Å². The zero-order valence-corrected chi connectivity index (χ0v) is 10.3. The van der Waals surface area contributed by atoms with Crippen LogP contribution in [-0.4, -0.2) is 25.3 Å². The number of carbonyl (C=O) groups excluding carboxylic acids is 1. The van der Waals surface area contributed by atoms with E-state index < -0.39 is 6.09 Å². The summed E-state index contributed by atoms with van der Waals surface area (Å²) in [6.45, 7) is 10.8. The summed E-state index contributed by atoms with van der Waals surface area (Å²) in [6.07, 6.45) is 0.917. The molecule has 0 rings (SSSR count). The van der Waals surface area contributed by atoms with Crippen molar-refractivity contribution >= 4 is 6.09 Å². The van der Waals surface area contributed by atoms with Gasteiger partial charge in [-0.15, -0.1) is 0 Å². The van der Waals surface area contributed by atoms with E-state index in [4.69, 9.17) is 4.74 Å². The van der Waals surface area contributed by atoms with Crippen molar-refractivity contribution in [3.63, 3.8) is 0 Å². The van der Waals surface area contributed by atoms with Crippen LogP contribution in [-0.2, 0) is 9.47 Å². The van der Waals surface area contributed by atoms with Gasteiger partial charge in [0.15, 0.2) is 0 Å². The van der Waals surface area contributed by atoms with Crippen molar-refractivity contribution < 1.29 is 14.3 Å². The molecule has 0 saturated heterocycles. The van der Waals surface area contributed by atoms with Gasteiger partial charge in [0.05, 0.1) is 18.5 Å². The average Bonchev–Trinajstić information content (AvgIpc) is 2.05. The fourth-order valence-electron chi connectivity index (χ4n) is 0.425. The highest BCUT2D eigenvalue weighted by atomic mass is 16.6. The molecule has 0 unspecified atom stereocenters. The molecule has 0 bridgehead atoms. The number of rotatable bonds is 3. The average molecular weight is 220 g/mol. The summed E-state index contributed by atoms with van der Waals surface area (Å²) < 4.78 is 9.19. The molecule has 92 valence electrons. The summed E-state index contributed by atoms with van der Waals surface area (Å²) in [4.78, 5) is 9.81. The molecular weight excluding hydrogens is 196 g/mol. The van der Waals surface area contributed by atoms with Gasteiger partial charge in [0, 0.05) is 0 Å². The van der Waals surface area contributed by atoms with Crippen LogP contribution in [0.15, 0.2) is 12.8 Å². The lowest BCUT2D eigenvalue weighted by atomic mass is 10.5. The first kappa shape index (κ1) is 19.4. The van der Waals surface area contributed by atoms with Crippen LogP contribution in [0.2, 0.25) is 0 Å². The summed E-state index contributed by atoms with van der Waals surface area (Å²) in [5.74, 6) is 0. The summed E-state index contributed by atoms with van der Waals surface area (Å²) in [6, 6.07) is 0. The standard InChI is InChI=1S/C5H10O.C4H9NO2.CH5N/c1-4-6-5(2)3;1-3(2)7-4(5)6;1-2/h4-5H,1H2,2-3H3;3H,1-2H3,(H2,5,6);2H2,1H3. The van der Waals surface area contributed by atoms with Gasteiger partial charge in [-0.05, 0) is 34.7 Å². The summed E-state index contributed by atoms with van der Waals surface area (Å²) in [5.41, 5.74) is 9.13. The Labute approximate surface area is 92.4 Å². The molecule has 0 aliphatic rings. The predicted octanol–water partition coefficient (Wildman–Crippen LogP) is 1.62. The van der Waals surface area contributed by atoms with Gasteiger partial charge in [0.25, 0.3) is 0 Å². The van der Waals surface area contributed by atoms with E-state index in [1.165, 1.54) is 13.3 Å². The van der Waals surface area contributed by atoms with Crippen molar-refractivity contribution in [3.8, 4) is 0 Å². The van der Waals surface area contributed by atoms with E-state index in [0.29, 0.717) is 0 Å². The third-order valence-corrected chi connectivity index (χ3v) is 0.720. The molecule has 5 nitrogen and oxygen atoms in total. The summed E-state index contributed by atoms with van der Waals surface area (Å²) >= 11 is 0. The molecule has 1 amide bonds. The van der Waals surface area contributed by atoms with E-state index in [1.807, 2.05) is 13.8 Å². The summed E-state index contributed by atoms with van der Waals surface area (Å²) in [5, 5.41) is 0. The quantitative estimate of drug-likeness (QED) is 0.707. The van der Waals surface area contributed by atoms with E-state index in [2.05, 4.69) is 22.8 Å². The van der Waals surface area contributed by atoms with Gasteiger partial charge in [0.1, 0.15) is 0 Å². The van der Waals surface area contributed by atoms with E-state index in [9.17, 15) is 4.79 Å². The number of primary amides is 1. The fraction of sp³-hybridized carbons (Fsp3) is 0.700. The first-order valence-electron chi connectivity index (χ1n) is 4.70. The Morgan fingerprint density at radius 3 is 1.60 bits per heavy atom. The van der Waals surface area contributed by atoms with E-state index >= 15 is 0 Å². The largest absolute Gasteiger partial charge is 0.499 e. The van der Waals surface area contributed by atoms with Crippen LogP contribution in [0, 0.1) is 0 Å². The van der Waals surface area contributed by atoms with Crippen LogP contribution >= 0.6 is 0 Å². The van der Waals surface area contributed by atoms with Crippen molar-refractivity contribution in [3.05, 3.63) is 12.8 Å². The third kappa shape index (κ3) is 44.5. The SMILES string of the molecule is C=COC(C)C.CC(C)OC(N)=O.CN. The second-order valence-corrected chi connectivity index (χ2v) is 2.84. The number of ether oxygens (including phenoxy) is 2. The Bertz CT molecular complexity index is 148. The molecule has 0 heterocycles. The molecule has 4 N–H and O–H groups in total. The third-order valence-electron chi connectivity index (χ3n) is 0.720.